The molecule has 2 saturated heterocycles. The summed E-state index contributed by atoms with van der Waals surface area (Å²) in [6, 6.07) is 2.33. The lowest BCUT2D eigenvalue weighted by molar-refractivity contribution is 0.0621. The highest BCUT2D eigenvalue weighted by molar-refractivity contribution is 5.92. The molecule has 4 heteroatoms. The lowest BCUT2D eigenvalue weighted by atomic mass is 9.68. The van der Waals surface area contributed by atoms with Gasteiger partial charge in [0, 0.05) is 25.8 Å². The number of carbonyl (C=O) groups is 1. The van der Waals surface area contributed by atoms with Gasteiger partial charge in [0.2, 0.25) is 0 Å². The SMILES string of the molecule is Cn1nccc1C(=O)N1CC2CC3CC(C2)CC1C3. The molecule has 0 spiro atoms. The maximum Gasteiger partial charge on any atom is 0.272 e. The quantitative estimate of drug-likeness (QED) is 0.774. The van der Waals surface area contributed by atoms with Gasteiger partial charge < -0.3 is 4.90 Å². The molecule has 1 amide bonds. The highest BCUT2D eigenvalue weighted by Gasteiger charge is 2.44. The van der Waals surface area contributed by atoms with Crippen LogP contribution >= 0.6 is 0 Å². The number of fused-ring (bicyclic) bond motifs is 1. The summed E-state index contributed by atoms with van der Waals surface area (Å²) in [7, 11) is 1.86. The van der Waals surface area contributed by atoms with E-state index >= 15 is 0 Å². The Kier molecular flexibility index (Phi) is 2.47. The molecule has 0 radical (unpaired) electrons. The van der Waals surface area contributed by atoms with Crippen LogP contribution in [0.3, 0.4) is 0 Å². The minimum atomic E-state index is 0.193. The van der Waals surface area contributed by atoms with Gasteiger partial charge in [-0.15, -0.1) is 0 Å². The molecule has 4 nitrogen and oxygen atoms in total. The summed E-state index contributed by atoms with van der Waals surface area (Å²) in [5, 5.41) is 4.13. The van der Waals surface area contributed by atoms with E-state index in [2.05, 4.69) is 10.00 Å². The summed E-state index contributed by atoms with van der Waals surface area (Å²) in [6.45, 7) is 0.974. The van der Waals surface area contributed by atoms with Crippen LogP contribution in [0.5, 0.6) is 0 Å². The zero-order valence-electron chi connectivity index (χ0n) is 11.5. The number of amides is 1. The molecule has 2 saturated carbocycles. The van der Waals surface area contributed by atoms with Crippen molar-refractivity contribution in [3.05, 3.63) is 18.0 Å². The van der Waals surface area contributed by atoms with E-state index in [-0.39, 0.29) is 5.91 Å². The average molecular weight is 259 g/mol. The number of hydrogen-bond acceptors (Lipinski definition) is 2. The molecular weight excluding hydrogens is 238 g/mol. The maximum absolute atomic E-state index is 12.8. The third-order valence-corrected chi connectivity index (χ3v) is 5.41. The van der Waals surface area contributed by atoms with Gasteiger partial charge in [-0.3, -0.25) is 9.48 Å². The molecule has 2 unspecified atom stereocenters. The molecule has 2 atom stereocenters. The van der Waals surface area contributed by atoms with Gasteiger partial charge in [0.15, 0.2) is 0 Å². The number of aromatic nitrogens is 2. The van der Waals surface area contributed by atoms with Gasteiger partial charge in [-0.05, 0) is 55.9 Å². The topological polar surface area (TPSA) is 38.1 Å². The summed E-state index contributed by atoms with van der Waals surface area (Å²) >= 11 is 0. The van der Waals surface area contributed by atoms with Crippen molar-refractivity contribution in [3.63, 3.8) is 0 Å². The van der Waals surface area contributed by atoms with Crippen LogP contribution in [0.4, 0.5) is 0 Å². The van der Waals surface area contributed by atoms with Crippen molar-refractivity contribution in [1.82, 2.24) is 14.7 Å². The van der Waals surface area contributed by atoms with E-state index in [4.69, 9.17) is 0 Å². The fraction of sp³-hybridized carbons (Fsp3) is 0.733. The van der Waals surface area contributed by atoms with Crippen molar-refractivity contribution in [1.29, 1.82) is 0 Å². The Morgan fingerprint density at radius 3 is 2.47 bits per heavy atom. The first-order chi connectivity index (χ1) is 9.20. The second-order valence-corrected chi connectivity index (χ2v) is 6.73. The summed E-state index contributed by atoms with van der Waals surface area (Å²) < 4.78 is 1.71. The smallest absolute Gasteiger partial charge is 0.272 e. The fourth-order valence-electron chi connectivity index (χ4n) is 4.76. The number of carbonyl (C=O) groups excluding carboxylic acids is 1. The first kappa shape index (κ1) is 11.5. The lowest BCUT2D eigenvalue weighted by Crippen LogP contribution is -2.42. The number of rotatable bonds is 1. The predicted molar refractivity (Wildman–Crippen MR) is 71.6 cm³/mol. The van der Waals surface area contributed by atoms with E-state index in [1.165, 1.54) is 32.1 Å². The molecule has 1 aromatic rings. The highest BCUT2D eigenvalue weighted by atomic mass is 16.2. The molecule has 102 valence electrons. The van der Waals surface area contributed by atoms with E-state index in [0.717, 1.165) is 30.0 Å². The first-order valence-corrected chi connectivity index (χ1v) is 7.49. The van der Waals surface area contributed by atoms with Crippen LogP contribution < -0.4 is 0 Å². The average Bonchev–Trinajstić information content (AvgIpc) is 2.70. The van der Waals surface area contributed by atoms with Gasteiger partial charge in [-0.1, -0.05) is 0 Å². The van der Waals surface area contributed by atoms with E-state index in [1.807, 2.05) is 13.1 Å². The third-order valence-electron chi connectivity index (χ3n) is 5.41. The number of aryl methyl sites for hydroxylation is 1. The molecular formula is C15H21N3O. The van der Waals surface area contributed by atoms with Crippen LogP contribution in [0, 0.1) is 17.8 Å². The van der Waals surface area contributed by atoms with Gasteiger partial charge in [0.05, 0.1) is 0 Å². The molecule has 4 bridgehead atoms. The van der Waals surface area contributed by atoms with Crippen molar-refractivity contribution in [2.75, 3.05) is 6.54 Å². The molecule has 0 aromatic carbocycles. The Hall–Kier alpha value is -1.32. The third kappa shape index (κ3) is 1.80. The van der Waals surface area contributed by atoms with Crippen molar-refractivity contribution in [3.8, 4) is 0 Å². The Morgan fingerprint density at radius 1 is 1.16 bits per heavy atom. The van der Waals surface area contributed by atoms with E-state index < -0.39 is 0 Å². The fourth-order valence-corrected chi connectivity index (χ4v) is 4.76. The van der Waals surface area contributed by atoms with E-state index in [1.54, 1.807) is 10.9 Å². The van der Waals surface area contributed by atoms with Crippen LogP contribution in [-0.2, 0) is 7.05 Å². The minimum Gasteiger partial charge on any atom is -0.334 e. The molecule has 3 heterocycles. The maximum atomic E-state index is 12.8. The van der Waals surface area contributed by atoms with Gasteiger partial charge in [0.25, 0.3) is 5.91 Å². The van der Waals surface area contributed by atoms with Gasteiger partial charge in [-0.2, -0.15) is 5.10 Å². The van der Waals surface area contributed by atoms with Crippen LogP contribution in [0.25, 0.3) is 0 Å². The molecule has 4 aliphatic rings. The zero-order chi connectivity index (χ0) is 13.0. The van der Waals surface area contributed by atoms with E-state index in [0.29, 0.717) is 6.04 Å². The number of hydrogen-bond donors (Lipinski definition) is 0. The standard InChI is InChI=1S/C15H21N3O/c1-17-14(2-3-16-17)15(19)18-9-12-5-10-4-11(6-12)8-13(18)7-10/h2-3,10-13H,4-9H2,1H3. The van der Waals surface area contributed by atoms with Gasteiger partial charge in [-0.25, -0.2) is 0 Å². The summed E-state index contributed by atoms with van der Waals surface area (Å²) in [6.07, 6.45) is 8.30. The van der Waals surface area contributed by atoms with Crippen molar-refractivity contribution >= 4 is 5.91 Å². The Labute approximate surface area is 113 Å². The molecule has 1 aromatic heterocycles. The van der Waals surface area contributed by atoms with Crippen molar-refractivity contribution < 1.29 is 4.79 Å². The monoisotopic (exact) mass is 259 g/mol. The van der Waals surface area contributed by atoms with Crippen LogP contribution in [0.1, 0.15) is 42.6 Å². The molecule has 5 rings (SSSR count). The molecule has 4 fully saturated rings. The summed E-state index contributed by atoms with van der Waals surface area (Å²) in [5.74, 6) is 2.70. The summed E-state index contributed by atoms with van der Waals surface area (Å²) in [5.41, 5.74) is 0.737. The number of nitrogens with zero attached hydrogens (tertiary/aromatic N) is 3. The van der Waals surface area contributed by atoms with Crippen LogP contribution in [0.2, 0.25) is 0 Å². The van der Waals surface area contributed by atoms with Crippen molar-refractivity contribution in [2.45, 2.75) is 38.1 Å². The Morgan fingerprint density at radius 2 is 1.84 bits per heavy atom. The first-order valence-electron chi connectivity index (χ1n) is 7.49. The highest BCUT2D eigenvalue weighted by Crippen LogP contribution is 2.47. The lowest BCUT2D eigenvalue weighted by Gasteiger charge is -2.38. The Balaban J connectivity index is 1.65. The normalized spacial score (nSPS) is 36.6. The van der Waals surface area contributed by atoms with Gasteiger partial charge >= 0.3 is 0 Å². The Bertz CT molecular complexity index is 495. The molecule has 2 aliphatic heterocycles. The second kappa shape index (κ2) is 4.09. The second-order valence-electron chi connectivity index (χ2n) is 6.73. The minimum absolute atomic E-state index is 0.193. The summed E-state index contributed by atoms with van der Waals surface area (Å²) in [4.78, 5) is 14.9. The largest absolute Gasteiger partial charge is 0.334 e. The predicted octanol–water partition coefficient (Wildman–Crippen LogP) is 2.07. The van der Waals surface area contributed by atoms with Crippen molar-refractivity contribution in [2.24, 2.45) is 24.8 Å². The van der Waals surface area contributed by atoms with E-state index in [9.17, 15) is 4.79 Å². The zero-order valence-corrected chi connectivity index (χ0v) is 11.5. The molecule has 0 N–H and O–H groups in total. The van der Waals surface area contributed by atoms with Gasteiger partial charge in [0.1, 0.15) is 5.69 Å². The molecule has 19 heavy (non-hydrogen) atoms. The van der Waals surface area contributed by atoms with Crippen LogP contribution in [0.15, 0.2) is 12.3 Å². The van der Waals surface area contributed by atoms with Crippen LogP contribution in [-0.4, -0.2) is 33.2 Å². The molecule has 2 aliphatic carbocycles.